The van der Waals surface area contributed by atoms with Crippen molar-refractivity contribution in [1.82, 2.24) is 0 Å². The molecule has 0 unspecified atom stereocenters. The smallest absolute Gasteiger partial charge is 0.136 e. The summed E-state index contributed by atoms with van der Waals surface area (Å²) >= 11 is 0. The summed E-state index contributed by atoms with van der Waals surface area (Å²) in [6.45, 7) is 0. The average molecular weight is 740 g/mol. The van der Waals surface area contributed by atoms with Gasteiger partial charge in [-0.05, 0) is 115 Å². The quantitative estimate of drug-likeness (QED) is 0.151. The maximum Gasteiger partial charge on any atom is 0.136 e. The lowest BCUT2D eigenvalue weighted by molar-refractivity contribution is 0.669. The zero-order chi connectivity index (χ0) is 38.4. The number of benzene rings is 10. The molecule has 0 amide bonds. The van der Waals surface area contributed by atoms with Crippen LogP contribution in [0.15, 0.2) is 229 Å². The molecule has 0 aliphatic carbocycles. The Morgan fingerprint density at radius 2 is 0.741 bits per heavy atom. The van der Waals surface area contributed by atoms with Gasteiger partial charge < -0.3 is 9.32 Å². The molecule has 10 aromatic carbocycles. The number of anilines is 3. The van der Waals surface area contributed by atoms with E-state index in [4.69, 9.17) is 4.42 Å². The lowest BCUT2D eigenvalue weighted by atomic mass is 9.85. The van der Waals surface area contributed by atoms with Gasteiger partial charge in [-0.3, -0.25) is 0 Å². The van der Waals surface area contributed by atoms with Gasteiger partial charge in [-0.25, -0.2) is 0 Å². The molecule has 1 aromatic heterocycles. The zero-order valence-corrected chi connectivity index (χ0v) is 31.7. The lowest BCUT2D eigenvalue weighted by Gasteiger charge is -2.27. The van der Waals surface area contributed by atoms with Crippen molar-refractivity contribution in [3.05, 3.63) is 224 Å². The highest BCUT2D eigenvalue weighted by Crippen LogP contribution is 2.46. The molecule has 1 heterocycles. The summed E-state index contributed by atoms with van der Waals surface area (Å²) in [6.07, 6.45) is 0. The molecule has 11 aromatic rings. The van der Waals surface area contributed by atoms with Gasteiger partial charge >= 0.3 is 0 Å². The van der Waals surface area contributed by atoms with Crippen LogP contribution >= 0.6 is 0 Å². The average Bonchev–Trinajstić information content (AvgIpc) is 3.69. The highest BCUT2D eigenvalue weighted by atomic mass is 16.3. The number of nitrogens with zero attached hydrogens (tertiary/aromatic N) is 1. The summed E-state index contributed by atoms with van der Waals surface area (Å²) in [5.41, 5.74) is 14.6. The number of hydrogen-bond donors (Lipinski definition) is 0. The zero-order valence-electron chi connectivity index (χ0n) is 31.7. The van der Waals surface area contributed by atoms with Crippen molar-refractivity contribution in [2.45, 2.75) is 0 Å². The number of furan rings is 1. The second-order valence-corrected chi connectivity index (χ2v) is 14.8. The molecule has 11 rings (SSSR count). The minimum atomic E-state index is 0.900. The summed E-state index contributed by atoms with van der Waals surface area (Å²) in [7, 11) is 0. The van der Waals surface area contributed by atoms with Gasteiger partial charge in [0.15, 0.2) is 0 Å². The van der Waals surface area contributed by atoms with E-state index < -0.39 is 0 Å². The minimum Gasteiger partial charge on any atom is -0.456 e. The predicted molar refractivity (Wildman–Crippen MR) is 245 cm³/mol. The van der Waals surface area contributed by atoms with Gasteiger partial charge in [0.1, 0.15) is 11.2 Å². The number of hydrogen-bond acceptors (Lipinski definition) is 2. The highest BCUT2D eigenvalue weighted by Gasteiger charge is 2.20. The molecular weight excluding hydrogens is 703 g/mol. The second kappa shape index (κ2) is 14.1. The molecule has 0 aliphatic rings. The van der Waals surface area contributed by atoms with E-state index >= 15 is 0 Å². The Balaban J connectivity index is 1.07. The third-order valence-electron chi connectivity index (χ3n) is 11.5. The van der Waals surface area contributed by atoms with Crippen LogP contribution in [0.25, 0.3) is 88.0 Å². The minimum absolute atomic E-state index is 0.900. The maximum atomic E-state index is 6.25. The van der Waals surface area contributed by atoms with Crippen LogP contribution in [0.3, 0.4) is 0 Å². The van der Waals surface area contributed by atoms with Crippen LogP contribution in [0.1, 0.15) is 0 Å². The fraction of sp³-hybridized carbons (Fsp3) is 0. The molecule has 2 nitrogen and oxygen atoms in total. The van der Waals surface area contributed by atoms with Crippen LogP contribution < -0.4 is 4.90 Å². The third kappa shape index (κ3) is 5.74. The fourth-order valence-electron chi connectivity index (χ4n) is 8.83. The summed E-state index contributed by atoms with van der Waals surface area (Å²) in [6, 6.07) is 80.6. The molecule has 272 valence electrons. The first-order valence-corrected chi connectivity index (χ1v) is 19.8. The Morgan fingerprint density at radius 3 is 1.38 bits per heavy atom. The van der Waals surface area contributed by atoms with Gasteiger partial charge in [0.2, 0.25) is 0 Å². The molecule has 58 heavy (non-hydrogen) atoms. The van der Waals surface area contributed by atoms with Crippen LogP contribution in [0.2, 0.25) is 0 Å². The molecule has 2 heteroatoms. The van der Waals surface area contributed by atoms with Crippen molar-refractivity contribution in [3.63, 3.8) is 0 Å². The summed E-state index contributed by atoms with van der Waals surface area (Å²) in [5.74, 6) is 0. The van der Waals surface area contributed by atoms with E-state index in [1.807, 2.05) is 12.1 Å². The van der Waals surface area contributed by atoms with E-state index in [2.05, 4.69) is 217 Å². The van der Waals surface area contributed by atoms with Crippen molar-refractivity contribution in [1.29, 1.82) is 0 Å². The van der Waals surface area contributed by atoms with Gasteiger partial charge in [-0.15, -0.1) is 0 Å². The molecule has 0 saturated heterocycles. The summed E-state index contributed by atoms with van der Waals surface area (Å²) < 4.78 is 6.25. The topological polar surface area (TPSA) is 16.4 Å². The monoisotopic (exact) mass is 739 g/mol. The molecule has 0 aliphatic heterocycles. The van der Waals surface area contributed by atoms with Crippen LogP contribution in [0.5, 0.6) is 0 Å². The molecule has 0 bridgehead atoms. The third-order valence-corrected chi connectivity index (χ3v) is 11.5. The van der Waals surface area contributed by atoms with Crippen molar-refractivity contribution in [2.24, 2.45) is 0 Å². The Morgan fingerprint density at radius 1 is 0.276 bits per heavy atom. The van der Waals surface area contributed by atoms with Crippen molar-refractivity contribution in [3.8, 4) is 44.5 Å². The normalized spacial score (nSPS) is 11.4. The number of fused-ring (bicyclic) bond motifs is 6. The Bertz CT molecular complexity index is 3250. The van der Waals surface area contributed by atoms with Gasteiger partial charge in [0.05, 0.1) is 0 Å². The first-order valence-electron chi connectivity index (χ1n) is 19.8. The van der Waals surface area contributed by atoms with Crippen molar-refractivity contribution >= 4 is 60.5 Å². The standard InChI is InChI=1S/C56H37NO/c1-3-15-38(16-4-1)42-19-13-20-45(37-42)57(43-33-29-39(30-34-43)46-26-14-28-53-56(46)51-25-11-12-27-52(51)58-53)44-35-31-41(32-36-44)55-50-24-10-8-22-48(50)47-21-7-9-23-49(47)54(55)40-17-5-2-6-18-40/h1-37H. The van der Waals surface area contributed by atoms with Crippen LogP contribution in [-0.4, -0.2) is 0 Å². The summed E-state index contributed by atoms with van der Waals surface area (Å²) in [4.78, 5) is 2.37. The van der Waals surface area contributed by atoms with Crippen molar-refractivity contribution in [2.75, 3.05) is 4.90 Å². The van der Waals surface area contributed by atoms with E-state index in [9.17, 15) is 0 Å². The van der Waals surface area contributed by atoms with E-state index in [0.717, 1.165) is 50.1 Å². The van der Waals surface area contributed by atoms with Crippen LogP contribution in [0, 0.1) is 0 Å². The first-order chi connectivity index (χ1) is 28.8. The molecule has 0 spiro atoms. The summed E-state index contributed by atoms with van der Waals surface area (Å²) in [5, 5.41) is 7.30. The van der Waals surface area contributed by atoms with Crippen LogP contribution in [0.4, 0.5) is 17.1 Å². The fourth-order valence-corrected chi connectivity index (χ4v) is 8.83. The van der Waals surface area contributed by atoms with E-state index in [1.165, 1.54) is 54.9 Å². The van der Waals surface area contributed by atoms with Gasteiger partial charge in [-0.2, -0.15) is 0 Å². The molecule has 0 radical (unpaired) electrons. The maximum absolute atomic E-state index is 6.25. The van der Waals surface area contributed by atoms with Crippen LogP contribution in [-0.2, 0) is 0 Å². The number of rotatable bonds is 7. The van der Waals surface area contributed by atoms with E-state index in [0.29, 0.717) is 0 Å². The molecule has 0 fully saturated rings. The molecule has 0 N–H and O–H groups in total. The van der Waals surface area contributed by atoms with Gasteiger partial charge in [0, 0.05) is 27.8 Å². The van der Waals surface area contributed by atoms with Gasteiger partial charge in [-0.1, -0.05) is 176 Å². The Kier molecular flexibility index (Phi) is 8.19. The molecular formula is C56H37NO. The van der Waals surface area contributed by atoms with E-state index in [1.54, 1.807) is 0 Å². The largest absolute Gasteiger partial charge is 0.456 e. The Hall–Kier alpha value is -7.68. The SMILES string of the molecule is c1ccc(-c2cccc(N(c3ccc(-c4c(-c5ccccc5)c5ccccc5c5ccccc45)cc3)c3ccc(-c4cccc5oc6ccccc6c45)cc3)c2)cc1. The highest BCUT2D eigenvalue weighted by molar-refractivity contribution is 6.21. The second-order valence-electron chi connectivity index (χ2n) is 14.8. The predicted octanol–water partition coefficient (Wildman–Crippen LogP) is 16.0. The Labute approximate surface area is 337 Å². The number of para-hydroxylation sites is 1. The van der Waals surface area contributed by atoms with E-state index in [-0.39, 0.29) is 0 Å². The molecule has 0 saturated carbocycles. The molecule has 0 atom stereocenters. The van der Waals surface area contributed by atoms with Crippen molar-refractivity contribution < 1.29 is 4.42 Å². The first kappa shape index (κ1) is 33.6. The van der Waals surface area contributed by atoms with Gasteiger partial charge in [0.25, 0.3) is 0 Å². The lowest BCUT2D eigenvalue weighted by Crippen LogP contribution is -2.10.